The highest BCUT2D eigenvalue weighted by Gasteiger charge is 2.01. The summed E-state index contributed by atoms with van der Waals surface area (Å²) in [5.74, 6) is 0. The van der Waals surface area contributed by atoms with Gasteiger partial charge >= 0.3 is 0 Å². The number of hydrogen-bond acceptors (Lipinski definition) is 2. The van der Waals surface area contributed by atoms with Crippen molar-refractivity contribution in [2.24, 2.45) is 0 Å². The maximum absolute atomic E-state index is 5.32. The van der Waals surface area contributed by atoms with Gasteiger partial charge in [0.2, 0.25) is 0 Å². The SMILES string of the molecule is [c]1cc(-c2ccccn2)cc2occc12. The average Bonchev–Trinajstić information content (AvgIpc) is 2.77. The summed E-state index contributed by atoms with van der Waals surface area (Å²) in [6.45, 7) is 0. The maximum atomic E-state index is 5.32. The summed E-state index contributed by atoms with van der Waals surface area (Å²) in [5.41, 5.74) is 2.81. The number of rotatable bonds is 1. The molecule has 0 aliphatic heterocycles. The Bertz CT molecular complexity index is 584. The highest BCUT2D eigenvalue weighted by atomic mass is 16.3. The van der Waals surface area contributed by atoms with Crippen molar-refractivity contribution >= 4 is 11.0 Å². The van der Waals surface area contributed by atoms with Crippen LogP contribution in [0.2, 0.25) is 0 Å². The van der Waals surface area contributed by atoms with E-state index >= 15 is 0 Å². The quantitative estimate of drug-likeness (QED) is 0.594. The summed E-state index contributed by atoms with van der Waals surface area (Å²) in [6, 6.07) is 14.8. The van der Waals surface area contributed by atoms with E-state index in [1.54, 1.807) is 12.5 Å². The molecule has 0 saturated carbocycles. The molecule has 0 fully saturated rings. The lowest BCUT2D eigenvalue weighted by Gasteiger charge is -1.98. The van der Waals surface area contributed by atoms with Crippen LogP contribution >= 0.6 is 0 Å². The van der Waals surface area contributed by atoms with Crippen LogP contribution in [0, 0.1) is 6.07 Å². The van der Waals surface area contributed by atoms with Crippen LogP contribution in [0.25, 0.3) is 22.2 Å². The van der Waals surface area contributed by atoms with E-state index in [2.05, 4.69) is 11.1 Å². The molecule has 0 atom stereocenters. The molecule has 0 N–H and O–H groups in total. The van der Waals surface area contributed by atoms with Crippen molar-refractivity contribution in [3.05, 3.63) is 54.9 Å². The molecule has 3 rings (SSSR count). The largest absolute Gasteiger partial charge is 0.464 e. The fourth-order valence-electron chi connectivity index (χ4n) is 1.57. The van der Waals surface area contributed by atoms with Crippen molar-refractivity contribution in [3.63, 3.8) is 0 Å². The van der Waals surface area contributed by atoms with Gasteiger partial charge in [-0.3, -0.25) is 4.98 Å². The summed E-state index contributed by atoms with van der Waals surface area (Å²) in [6.07, 6.45) is 3.45. The minimum absolute atomic E-state index is 0.846. The van der Waals surface area contributed by atoms with Gasteiger partial charge in [-0.05, 0) is 36.4 Å². The summed E-state index contributed by atoms with van der Waals surface area (Å²) < 4.78 is 5.32. The van der Waals surface area contributed by atoms with E-state index in [-0.39, 0.29) is 0 Å². The second kappa shape index (κ2) is 3.24. The number of hydrogen-bond donors (Lipinski definition) is 0. The predicted molar refractivity (Wildman–Crippen MR) is 58.3 cm³/mol. The first-order chi connectivity index (χ1) is 7.43. The molecule has 2 heteroatoms. The van der Waals surface area contributed by atoms with Gasteiger partial charge in [0.05, 0.1) is 12.0 Å². The Morgan fingerprint density at radius 2 is 2.20 bits per heavy atom. The van der Waals surface area contributed by atoms with Crippen LogP contribution in [-0.2, 0) is 0 Å². The summed E-state index contributed by atoms with van der Waals surface area (Å²) in [4.78, 5) is 4.28. The standard InChI is InChI=1S/C13H8NO/c1-2-7-14-12(3-1)11-5-4-10-6-8-15-13(10)9-11/h1-3,5-9H. The van der Waals surface area contributed by atoms with Gasteiger partial charge in [-0.1, -0.05) is 6.07 Å². The van der Waals surface area contributed by atoms with Crippen LogP contribution in [0.4, 0.5) is 0 Å². The first-order valence-electron chi connectivity index (χ1n) is 4.74. The van der Waals surface area contributed by atoms with Crippen molar-refractivity contribution < 1.29 is 4.42 Å². The third-order valence-corrected chi connectivity index (χ3v) is 2.33. The van der Waals surface area contributed by atoms with E-state index in [1.807, 2.05) is 36.4 Å². The third kappa shape index (κ3) is 1.40. The molecule has 2 aromatic heterocycles. The second-order valence-electron chi connectivity index (χ2n) is 3.30. The van der Waals surface area contributed by atoms with Crippen LogP contribution in [-0.4, -0.2) is 4.98 Å². The second-order valence-corrected chi connectivity index (χ2v) is 3.30. The topological polar surface area (TPSA) is 26.0 Å². The molecule has 0 bridgehead atoms. The van der Waals surface area contributed by atoms with Gasteiger partial charge in [0.25, 0.3) is 0 Å². The zero-order valence-electron chi connectivity index (χ0n) is 7.97. The highest BCUT2D eigenvalue weighted by molar-refractivity contribution is 5.81. The van der Waals surface area contributed by atoms with E-state index in [9.17, 15) is 0 Å². The van der Waals surface area contributed by atoms with Gasteiger partial charge < -0.3 is 4.42 Å². The van der Waals surface area contributed by atoms with E-state index in [4.69, 9.17) is 4.42 Å². The number of pyridine rings is 1. The maximum Gasteiger partial charge on any atom is 0.135 e. The van der Waals surface area contributed by atoms with Gasteiger partial charge in [-0.25, -0.2) is 0 Å². The summed E-state index contributed by atoms with van der Waals surface area (Å²) in [7, 11) is 0. The molecule has 2 heterocycles. The normalized spacial score (nSPS) is 10.7. The molecule has 1 radical (unpaired) electrons. The predicted octanol–water partition coefficient (Wildman–Crippen LogP) is 3.29. The van der Waals surface area contributed by atoms with Crippen molar-refractivity contribution in [3.8, 4) is 11.3 Å². The number of fused-ring (bicyclic) bond motifs is 1. The fraction of sp³-hybridized carbons (Fsp3) is 0. The van der Waals surface area contributed by atoms with Crippen LogP contribution in [0.1, 0.15) is 0 Å². The summed E-state index contributed by atoms with van der Waals surface area (Å²) in [5, 5.41) is 0.995. The Labute approximate surface area is 87.2 Å². The van der Waals surface area contributed by atoms with E-state index in [0.29, 0.717) is 0 Å². The molecular formula is C13H8NO. The van der Waals surface area contributed by atoms with Crippen molar-refractivity contribution in [2.75, 3.05) is 0 Å². The molecule has 0 unspecified atom stereocenters. The number of furan rings is 1. The van der Waals surface area contributed by atoms with E-state index in [1.165, 1.54) is 0 Å². The Morgan fingerprint density at radius 1 is 1.20 bits per heavy atom. The molecule has 15 heavy (non-hydrogen) atoms. The highest BCUT2D eigenvalue weighted by Crippen LogP contribution is 2.22. The lowest BCUT2D eigenvalue weighted by molar-refractivity contribution is 0.616. The minimum atomic E-state index is 0.846. The molecule has 1 aromatic carbocycles. The molecule has 71 valence electrons. The third-order valence-electron chi connectivity index (χ3n) is 2.33. The first kappa shape index (κ1) is 8.24. The lowest BCUT2D eigenvalue weighted by atomic mass is 10.1. The lowest BCUT2D eigenvalue weighted by Crippen LogP contribution is -1.80. The fourth-order valence-corrected chi connectivity index (χ4v) is 1.57. The first-order valence-corrected chi connectivity index (χ1v) is 4.74. The van der Waals surface area contributed by atoms with Gasteiger partial charge in [0.1, 0.15) is 5.58 Å². The van der Waals surface area contributed by atoms with Crippen LogP contribution in [0.15, 0.2) is 53.3 Å². The monoisotopic (exact) mass is 194 g/mol. The number of nitrogens with zero attached hydrogens (tertiary/aromatic N) is 1. The number of benzene rings is 1. The molecule has 2 nitrogen and oxygen atoms in total. The molecule has 0 aliphatic carbocycles. The van der Waals surface area contributed by atoms with Gasteiger partial charge in [0.15, 0.2) is 0 Å². The molecule has 0 saturated heterocycles. The molecule has 0 spiro atoms. The summed E-state index contributed by atoms with van der Waals surface area (Å²) >= 11 is 0. The molecule has 0 amide bonds. The molecule has 3 aromatic rings. The Kier molecular flexibility index (Phi) is 1.78. The van der Waals surface area contributed by atoms with Crippen molar-refractivity contribution in [1.29, 1.82) is 0 Å². The van der Waals surface area contributed by atoms with Crippen LogP contribution < -0.4 is 0 Å². The van der Waals surface area contributed by atoms with Gasteiger partial charge in [-0.2, -0.15) is 0 Å². The minimum Gasteiger partial charge on any atom is -0.464 e. The zero-order chi connectivity index (χ0) is 10.1. The van der Waals surface area contributed by atoms with Crippen LogP contribution in [0.3, 0.4) is 0 Å². The Balaban J connectivity index is 2.19. The average molecular weight is 194 g/mol. The van der Waals surface area contributed by atoms with Crippen molar-refractivity contribution in [1.82, 2.24) is 4.98 Å². The van der Waals surface area contributed by atoms with E-state index < -0.39 is 0 Å². The Hall–Kier alpha value is -2.09. The smallest absolute Gasteiger partial charge is 0.135 e. The Morgan fingerprint density at radius 3 is 3.07 bits per heavy atom. The van der Waals surface area contributed by atoms with E-state index in [0.717, 1.165) is 22.2 Å². The van der Waals surface area contributed by atoms with Gasteiger partial charge in [-0.15, -0.1) is 0 Å². The van der Waals surface area contributed by atoms with Gasteiger partial charge in [0, 0.05) is 17.1 Å². The number of aromatic nitrogens is 1. The molecular weight excluding hydrogens is 186 g/mol. The molecule has 0 aliphatic rings. The van der Waals surface area contributed by atoms with Crippen LogP contribution in [0.5, 0.6) is 0 Å². The zero-order valence-corrected chi connectivity index (χ0v) is 7.97. The van der Waals surface area contributed by atoms with Crippen molar-refractivity contribution in [2.45, 2.75) is 0 Å².